The van der Waals surface area contributed by atoms with E-state index in [0.717, 1.165) is 22.5 Å². The van der Waals surface area contributed by atoms with Crippen molar-refractivity contribution in [3.8, 4) is 22.3 Å². The van der Waals surface area contributed by atoms with Crippen LogP contribution in [-0.4, -0.2) is 23.8 Å². The van der Waals surface area contributed by atoms with Gasteiger partial charge in [-0.3, -0.25) is 0 Å². The zero-order chi connectivity index (χ0) is 30.4. The number of fused-ring (bicyclic) bond motifs is 3. The van der Waals surface area contributed by atoms with Crippen LogP contribution in [0.2, 0.25) is 0 Å². The minimum absolute atomic E-state index is 0.0891. The molecule has 0 saturated carbocycles. The van der Waals surface area contributed by atoms with E-state index in [-0.39, 0.29) is 5.41 Å². The summed E-state index contributed by atoms with van der Waals surface area (Å²) in [7, 11) is 1.73. The van der Waals surface area contributed by atoms with Crippen molar-refractivity contribution in [2.75, 3.05) is 4.90 Å². The lowest BCUT2D eigenvalue weighted by molar-refractivity contribution is -0.0893. The average Bonchev–Trinajstić information content (AvgIpc) is 3.23. The van der Waals surface area contributed by atoms with Gasteiger partial charge in [0.15, 0.2) is 0 Å². The quantitative estimate of drug-likeness (QED) is 0.191. The summed E-state index contributed by atoms with van der Waals surface area (Å²) in [4.78, 5) is 2.32. The van der Waals surface area contributed by atoms with Gasteiger partial charge >= 0.3 is 7.48 Å². The predicted molar refractivity (Wildman–Crippen MR) is 181 cm³/mol. The molecule has 0 heterocycles. The van der Waals surface area contributed by atoms with Crippen LogP contribution < -0.4 is 10.4 Å². The van der Waals surface area contributed by atoms with Crippen LogP contribution in [0, 0.1) is 0 Å². The van der Waals surface area contributed by atoms with Crippen molar-refractivity contribution in [2.45, 2.75) is 58.2 Å². The van der Waals surface area contributed by atoms with Crippen LogP contribution in [0.5, 0.6) is 0 Å². The van der Waals surface area contributed by atoms with Gasteiger partial charge in [0.1, 0.15) is 0 Å². The van der Waals surface area contributed by atoms with Crippen LogP contribution in [0.25, 0.3) is 22.3 Å². The van der Waals surface area contributed by atoms with Crippen LogP contribution in [0.4, 0.5) is 17.1 Å². The Hall–Kier alpha value is -4.12. The lowest BCUT2D eigenvalue weighted by atomic mass is 9.82. The highest BCUT2D eigenvalue weighted by molar-refractivity contribution is 6.47. The molecule has 0 fully saturated rings. The van der Waals surface area contributed by atoms with Gasteiger partial charge < -0.3 is 14.7 Å². The molecule has 0 saturated heterocycles. The molecule has 0 amide bonds. The average molecular weight is 565 g/mol. The van der Waals surface area contributed by atoms with Crippen molar-refractivity contribution in [2.24, 2.45) is 0 Å². The zero-order valence-corrected chi connectivity index (χ0v) is 25.9. The maximum absolute atomic E-state index is 10.5. The van der Waals surface area contributed by atoms with Crippen LogP contribution in [0.15, 0.2) is 121 Å². The van der Waals surface area contributed by atoms with E-state index in [2.05, 4.69) is 134 Å². The lowest BCUT2D eigenvalue weighted by Gasteiger charge is -2.37. The number of benzene rings is 5. The summed E-state index contributed by atoms with van der Waals surface area (Å²) in [5, 5.41) is 10.5. The number of hydrogen-bond acceptors (Lipinski definition) is 3. The summed E-state index contributed by atoms with van der Waals surface area (Å²) in [6.45, 7) is 12.0. The summed E-state index contributed by atoms with van der Waals surface area (Å²) in [6, 6.07) is 43.3. The molecule has 215 valence electrons. The van der Waals surface area contributed by atoms with Crippen LogP contribution >= 0.6 is 0 Å². The first-order valence-corrected chi connectivity index (χ1v) is 15.0. The van der Waals surface area contributed by atoms with Crippen molar-refractivity contribution in [3.05, 3.63) is 132 Å². The summed E-state index contributed by atoms with van der Waals surface area (Å²) in [5.41, 5.74) is 10.1. The highest BCUT2D eigenvalue weighted by Crippen LogP contribution is 2.50. The van der Waals surface area contributed by atoms with E-state index in [1.807, 2.05) is 19.9 Å². The molecule has 6 rings (SSSR count). The molecule has 1 aliphatic rings. The molecule has 0 unspecified atom stereocenters. The fraction of sp³-hybridized carbons (Fsp3) is 0.231. The topological polar surface area (TPSA) is 32.7 Å². The SMILES string of the molecule is CC1(C)c2ccccc2-c2ccc(N(c3ccc([B]OC(C)(C)C(C)(C)O)cc3)c3ccc(-c4ccccc4)cc3)cc21. The van der Waals surface area contributed by atoms with Crippen molar-refractivity contribution >= 4 is 30.0 Å². The molecule has 0 aliphatic heterocycles. The number of hydrogen-bond donors (Lipinski definition) is 1. The first kappa shape index (κ1) is 29.0. The summed E-state index contributed by atoms with van der Waals surface area (Å²) in [5.74, 6) is 0. The third-order valence-corrected chi connectivity index (χ3v) is 9.17. The summed E-state index contributed by atoms with van der Waals surface area (Å²) >= 11 is 0. The van der Waals surface area contributed by atoms with Gasteiger partial charge in [-0.15, -0.1) is 0 Å². The van der Waals surface area contributed by atoms with Gasteiger partial charge in [0.2, 0.25) is 0 Å². The van der Waals surface area contributed by atoms with Crippen LogP contribution in [-0.2, 0) is 10.1 Å². The molecule has 4 heteroatoms. The van der Waals surface area contributed by atoms with Gasteiger partial charge in [-0.05, 0) is 97.5 Å². The molecule has 0 bridgehead atoms. The Morgan fingerprint density at radius 2 is 1.14 bits per heavy atom. The first-order valence-electron chi connectivity index (χ1n) is 15.0. The van der Waals surface area contributed by atoms with E-state index in [0.29, 0.717) is 0 Å². The third-order valence-electron chi connectivity index (χ3n) is 9.17. The molecule has 1 radical (unpaired) electrons. The third kappa shape index (κ3) is 5.42. The molecule has 1 N–H and O–H groups in total. The largest absolute Gasteiger partial charge is 0.427 e. The molecule has 5 aromatic rings. The van der Waals surface area contributed by atoms with Crippen LogP contribution in [0.1, 0.15) is 52.7 Å². The van der Waals surface area contributed by atoms with Crippen molar-refractivity contribution < 1.29 is 9.76 Å². The second kappa shape index (κ2) is 10.9. The molecule has 0 atom stereocenters. The molecule has 1 aliphatic carbocycles. The number of rotatable bonds is 8. The van der Waals surface area contributed by atoms with E-state index in [1.165, 1.54) is 33.4 Å². The minimum Gasteiger partial charge on any atom is -0.427 e. The summed E-state index contributed by atoms with van der Waals surface area (Å²) in [6.07, 6.45) is 0. The maximum atomic E-state index is 10.5. The van der Waals surface area contributed by atoms with Gasteiger partial charge in [0, 0.05) is 22.5 Å². The molecule has 0 aromatic heterocycles. The fourth-order valence-corrected chi connectivity index (χ4v) is 5.77. The summed E-state index contributed by atoms with van der Waals surface area (Å²) < 4.78 is 6.02. The highest BCUT2D eigenvalue weighted by atomic mass is 16.5. The van der Waals surface area contributed by atoms with E-state index in [1.54, 1.807) is 21.3 Å². The standard InChI is InChI=1S/C39H39BNO2/c1-37(2)35-15-11-10-14-33(35)34-25-24-32(26-36(34)37)41(30-20-16-28(17-21-30)27-12-8-7-9-13-27)31-22-18-29(19-23-31)40-43-39(5,6)38(3,4)42/h7-26,42H,1-6H3. The van der Waals surface area contributed by atoms with E-state index in [9.17, 15) is 5.11 Å². The molecule has 3 nitrogen and oxygen atoms in total. The van der Waals surface area contributed by atoms with E-state index < -0.39 is 11.2 Å². The zero-order valence-electron chi connectivity index (χ0n) is 25.9. The minimum atomic E-state index is -0.979. The Morgan fingerprint density at radius 3 is 1.79 bits per heavy atom. The van der Waals surface area contributed by atoms with Gasteiger partial charge in [-0.25, -0.2) is 0 Å². The normalized spacial score (nSPS) is 13.7. The van der Waals surface area contributed by atoms with Gasteiger partial charge in [-0.1, -0.05) is 104 Å². The van der Waals surface area contributed by atoms with E-state index in [4.69, 9.17) is 4.65 Å². The maximum Gasteiger partial charge on any atom is 0.330 e. The molecule has 0 spiro atoms. The molecular weight excluding hydrogens is 525 g/mol. The van der Waals surface area contributed by atoms with E-state index >= 15 is 0 Å². The van der Waals surface area contributed by atoms with Crippen molar-refractivity contribution in [3.63, 3.8) is 0 Å². The molecule has 43 heavy (non-hydrogen) atoms. The Morgan fingerprint density at radius 1 is 0.605 bits per heavy atom. The fourth-order valence-electron chi connectivity index (χ4n) is 5.77. The van der Waals surface area contributed by atoms with Gasteiger partial charge in [0.05, 0.1) is 11.2 Å². The smallest absolute Gasteiger partial charge is 0.330 e. The second-order valence-corrected chi connectivity index (χ2v) is 13.0. The second-order valence-electron chi connectivity index (χ2n) is 13.0. The Bertz CT molecular complexity index is 1730. The highest BCUT2D eigenvalue weighted by Gasteiger charge is 2.36. The van der Waals surface area contributed by atoms with Crippen molar-refractivity contribution in [1.29, 1.82) is 0 Å². The van der Waals surface area contributed by atoms with Gasteiger partial charge in [-0.2, -0.15) is 0 Å². The Labute approximate surface area is 257 Å². The van der Waals surface area contributed by atoms with Crippen LogP contribution in [0.3, 0.4) is 0 Å². The predicted octanol–water partition coefficient (Wildman–Crippen LogP) is 8.94. The number of nitrogens with zero attached hydrogens (tertiary/aromatic N) is 1. The molecular formula is C39H39BNO2. The number of anilines is 3. The van der Waals surface area contributed by atoms with Crippen molar-refractivity contribution in [1.82, 2.24) is 0 Å². The Kier molecular flexibility index (Phi) is 7.32. The number of aliphatic hydroxyl groups is 1. The Balaban J connectivity index is 1.38. The monoisotopic (exact) mass is 564 g/mol. The lowest BCUT2D eigenvalue weighted by Crippen LogP contribution is -2.49. The first-order chi connectivity index (χ1) is 20.5. The molecule has 5 aromatic carbocycles. The van der Waals surface area contributed by atoms with Gasteiger partial charge in [0.25, 0.3) is 0 Å².